The molecule has 0 aromatic rings. The highest BCUT2D eigenvalue weighted by Crippen LogP contribution is 2.41. The van der Waals surface area contributed by atoms with Gasteiger partial charge in [0.2, 0.25) is 0 Å². The summed E-state index contributed by atoms with van der Waals surface area (Å²) >= 11 is 0. The van der Waals surface area contributed by atoms with E-state index >= 15 is 0 Å². The van der Waals surface area contributed by atoms with Crippen LogP contribution in [0.25, 0.3) is 0 Å². The van der Waals surface area contributed by atoms with Gasteiger partial charge >= 0.3 is 5.97 Å². The van der Waals surface area contributed by atoms with Crippen molar-refractivity contribution in [3.05, 3.63) is 0 Å². The zero-order valence-electron chi connectivity index (χ0n) is 6.81. The van der Waals surface area contributed by atoms with Crippen molar-refractivity contribution in [2.75, 3.05) is 0 Å². The molecule has 0 amide bonds. The van der Waals surface area contributed by atoms with Crippen LogP contribution < -0.4 is 0 Å². The van der Waals surface area contributed by atoms with Crippen LogP contribution in [0.15, 0.2) is 0 Å². The van der Waals surface area contributed by atoms with Crippen LogP contribution in [-0.2, 0) is 9.53 Å². The monoisotopic (exact) mass is 142 g/mol. The van der Waals surface area contributed by atoms with Crippen molar-refractivity contribution >= 4 is 5.97 Å². The summed E-state index contributed by atoms with van der Waals surface area (Å²) in [5.74, 6) is 0.438. The minimum absolute atomic E-state index is 0.170. The van der Waals surface area contributed by atoms with Gasteiger partial charge in [0, 0.05) is 6.92 Å². The molecule has 10 heavy (non-hydrogen) atoms. The zero-order valence-corrected chi connectivity index (χ0v) is 6.81. The first-order valence-corrected chi connectivity index (χ1v) is 3.72. The van der Waals surface area contributed by atoms with Gasteiger partial charge in [0.05, 0.1) is 0 Å². The fraction of sp³-hybridized carbons (Fsp3) is 0.875. The predicted octanol–water partition coefficient (Wildman–Crippen LogP) is 1.74. The molecule has 0 unspecified atom stereocenters. The topological polar surface area (TPSA) is 26.3 Å². The van der Waals surface area contributed by atoms with Gasteiger partial charge in [-0.25, -0.2) is 0 Å². The molecule has 2 nitrogen and oxygen atoms in total. The lowest BCUT2D eigenvalue weighted by Gasteiger charge is -2.23. The van der Waals surface area contributed by atoms with E-state index in [4.69, 9.17) is 4.74 Å². The molecule has 1 aliphatic rings. The lowest BCUT2D eigenvalue weighted by molar-refractivity contribution is -0.155. The molecule has 0 aromatic heterocycles. The van der Waals surface area contributed by atoms with Crippen LogP contribution in [0.1, 0.15) is 33.6 Å². The van der Waals surface area contributed by atoms with E-state index in [1.54, 1.807) is 0 Å². The second kappa shape index (κ2) is 2.26. The van der Waals surface area contributed by atoms with Crippen LogP contribution in [0, 0.1) is 5.92 Å². The molecular weight excluding hydrogens is 128 g/mol. The van der Waals surface area contributed by atoms with E-state index in [9.17, 15) is 4.79 Å². The number of ether oxygens (including phenoxy) is 1. The van der Waals surface area contributed by atoms with E-state index in [1.807, 2.05) is 13.8 Å². The van der Waals surface area contributed by atoms with E-state index in [1.165, 1.54) is 19.8 Å². The molecule has 0 saturated heterocycles. The van der Waals surface area contributed by atoms with Crippen LogP contribution in [-0.4, -0.2) is 11.6 Å². The average Bonchev–Trinajstić information content (AvgIpc) is 2.35. The number of hydrogen-bond acceptors (Lipinski definition) is 2. The standard InChI is InChI=1S/C8H14O2/c1-6(9)10-8(2,3)7-4-5-7/h7H,4-5H2,1-3H3. The number of rotatable bonds is 2. The molecule has 1 aliphatic carbocycles. The summed E-state index contributed by atoms with van der Waals surface area (Å²) in [5.41, 5.74) is -0.216. The van der Waals surface area contributed by atoms with Gasteiger partial charge < -0.3 is 4.74 Å². The first-order valence-electron chi connectivity index (χ1n) is 3.72. The van der Waals surface area contributed by atoms with Crippen LogP contribution >= 0.6 is 0 Å². The highest BCUT2D eigenvalue weighted by atomic mass is 16.6. The van der Waals surface area contributed by atoms with E-state index in [-0.39, 0.29) is 11.6 Å². The Morgan fingerprint density at radius 1 is 1.50 bits per heavy atom. The van der Waals surface area contributed by atoms with Gasteiger partial charge in [-0.3, -0.25) is 4.79 Å². The van der Waals surface area contributed by atoms with Gasteiger partial charge in [-0.1, -0.05) is 0 Å². The molecule has 0 atom stereocenters. The summed E-state index contributed by atoms with van der Waals surface area (Å²) in [6, 6.07) is 0. The third kappa shape index (κ3) is 1.72. The Labute approximate surface area is 61.6 Å². The average molecular weight is 142 g/mol. The van der Waals surface area contributed by atoms with Crippen molar-refractivity contribution in [3.8, 4) is 0 Å². The number of carbonyl (C=O) groups excluding carboxylic acids is 1. The molecule has 0 radical (unpaired) electrons. The van der Waals surface area contributed by atoms with Gasteiger partial charge in [0.25, 0.3) is 0 Å². The Morgan fingerprint density at radius 3 is 2.30 bits per heavy atom. The van der Waals surface area contributed by atoms with Gasteiger partial charge in [-0.15, -0.1) is 0 Å². The highest BCUT2D eigenvalue weighted by Gasteiger charge is 2.40. The van der Waals surface area contributed by atoms with Gasteiger partial charge in [-0.2, -0.15) is 0 Å². The normalized spacial score (nSPS) is 18.7. The van der Waals surface area contributed by atoms with E-state index in [0.717, 1.165) is 0 Å². The summed E-state index contributed by atoms with van der Waals surface area (Å²) in [7, 11) is 0. The number of carbonyl (C=O) groups is 1. The van der Waals surface area contributed by atoms with Gasteiger partial charge in [-0.05, 0) is 32.6 Å². The summed E-state index contributed by atoms with van der Waals surface area (Å²) in [4.78, 5) is 10.6. The lowest BCUT2D eigenvalue weighted by Crippen LogP contribution is -2.29. The highest BCUT2D eigenvalue weighted by molar-refractivity contribution is 5.66. The quantitative estimate of drug-likeness (QED) is 0.549. The van der Waals surface area contributed by atoms with Crippen LogP contribution in [0.5, 0.6) is 0 Å². The SMILES string of the molecule is CC(=O)OC(C)(C)C1CC1. The zero-order chi connectivity index (χ0) is 7.78. The third-order valence-corrected chi connectivity index (χ3v) is 1.97. The van der Waals surface area contributed by atoms with Crippen LogP contribution in [0.2, 0.25) is 0 Å². The third-order valence-electron chi connectivity index (χ3n) is 1.97. The minimum Gasteiger partial charge on any atom is -0.460 e. The molecule has 0 heterocycles. The predicted molar refractivity (Wildman–Crippen MR) is 38.6 cm³/mol. The molecule has 0 spiro atoms. The van der Waals surface area contributed by atoms with Gasteiger partial charge in [0.15, 0.2) is 0 Å². The lowest BCUT2D eigenvalue weighted by atomic mass is 10.0. The Morgan fingerprint density at radius 2 is 2.00 bits per heavy atom. The van der Waals surface area contributed by atoms with Crippen molar-refractivity contribution in [1.82, 2.24) is 0 Å². The van der Waals surface area contributed by atoms with Crippen LogP contribution in [0.3, 0.4) is 0 Å². The Hall–Kier alpha value is -0.530. The first kappa shape index (κ1) is 7.58. The maximum Gasteiger partial charge on any atom is 0.303 e. The maximum absolute atomic E-state index is 10.6. The molecule has 0 aromatic carbocycles. The van der Waals surface area contributed by atoms with Gasteiger partial charge in [0.1, 0.15) is 5.60 Å². The summed E-state index contributed by atoms with van der Waals surface area (Å²) in [6.45, 7) is 5.42. The maximum atomic E-state index is 10.6. The molecule has 1 saturated carbocycles. The molecular formula is C8H14O2. The van der Waals surface area contributed by atoms with Crippen molar-refractivity contribution in [1.29, 1.82) is 0 Å². The fourth-order valence-electron chi connectivity index (χ4n) is 1.23. The van der Waals surface area contributed by atoms with E-state index in [0.29, 0.717) is 5.92 Å². The summed E-state index contributed by atoms with van der Waals surface area (Å²) in [5, 5.41) is 0. The second-order valence-electron chi connectivity index (χ2n) is 3.47. The summed E-state index contributed by atoms with van der Waals surface area (Å²) in [6.07, 6.45) is 2.42. The van der Waals surface area contributed by atoms with Crippen molar-refractivity contribution in [3.63, 3.8) is 0 Å². The van der Waals surface area contributed by atoms with Crippen molar-refractivity contribution in [2.24, 2.45) is 5.92 Å². The molecule has 1 rings (SSSR count). The summed E-state index contributed by atoms with van der Waals surface area (Å²) < 4.78 is 5.12. The van der Waals surface area contributed by atoms with Crippen molar-refractivity contribution in [2.45, 2.75) is 39.2 Å². The van der Waals surface area contributed by atoms with Crippen LogP contribution in [0.4, 0.5) is 0 Å². The first-order chi connectivity index (χ1) is 4.52. The molecule has 0 bridgehead atoms. The largest absolute Gasteiger partial charge is 0.460 e. The molecule has 1 fully saturated rings. The van der Waals surface area contributed by atoms with E-state index in [2.05, 4.69) is 0 Å². The number of hydrogen-bond donors (Lipinski definition) is 0. The fourth-order valence-corrected chi connectivity index (χ4v) is 1.23. The second-order valence-corrected chi connectivity index (χ2v) is 3.47. The molecule has 0 aliphatic heterocycles. The molecule has 58 valence electrons. The minimum atomic E-state index is -0.216. The Bertz CT molecular complexity index is 145. The molecule has 0 N–H and O–H groups in total. The Balaban J connectivity index is 2.41. The smallest absolute Gasteiger partial charge is 0.303 e. The van der Waals surface area contributed by atoms with E-state index < -0.39 is 0 Å². The molecule has 2 heteroatoms. The Kier molecular flexibility index (Phi) is 1.71. The number of esters is 1. The van der Waals surface area contributed by atoms with Crippen molar-refractivity contribution < 1.29 is 9.53 Å².